The van der Waals surface area contributed by atoms with Gasteiger partial charge in [-0.3, -0.25) is 9.48 Å². The monoisotopic (exact) mass is 433 g/mol. The fraction of sp³-hybridized carbons (Fsp3) is 0.385. The number of benzene rings is 2. The molecule has 1 N–H and O–H groups in total. The highest BCUT2D eigenvalue weighted by Gasteiger charge is 2.35. The third-order valence-corrected chi connectivity index (χ3v) is 6.11. The molecule has 32 heavy (non-hydrogen) atoms. The lowest BCUT2D eigenvalue weighted by atomic mass is 9.74. The summed E-state index contributed by atoms with van der Waals surface area (Å²) in [4.78, 5) is 13.0. The maximum atomic E-state index is 13.0. The van der Waals surface area contributed by atoms with Gasteiger partial charge >= 0.3 is 0 Å². The van der Waals surface area contributed by atoms with Crippen molar-refractivity contribution in [1.29, 1.82) is 0 Å². The number of rotatable bonds is 7. The molecule has 0 fully saturated rings. The first kappa shape index (κ1) is 21.9. The molecule has 0 saturated heterocycles. The molecular formula is C26H31N3O3. The van der Waals surface area contributed by atoms with Gasteiger partial charge in [0.15, 0.2) is 0 Å². The lowest BCUT2D eigenvalue weighted by molar-refractivity contribution is -0.121. The van der Waals surface area contributed by atoms with Crippen molar-refractivity contribution >= 4 is 5.91 Å². The van der Waals surface area contributed by atoms with Crippen LogP contribution in [0.4, 0.5) is 0 Å². The van der Waals surface area contributed by atoms with E-state index in [0.717, 1.165) is 30.5 Å². The number of hydrogen-bond acceptors (Lipinski definition) is 4. The van der Waals surface area contributed by atoms with Crippen molar-refractivity contribution < 1.29 is 14.3 Å². The van der Waals surface area contributed by atoms with Crippen molar-refractivity contribution in [3.63, 3.8) is 0 Å². The van der Waals surface area contributed by atoms with Crippen molar-refractivity contribution in [1.82, 2.24) is 15.1 Å². The van der Waals surface area contributed by atoms with Gasteiger partial charge < -0.3 is 14.8 Å². The minimum atomic E-state index is -0.0672. The van der Waals surface area contributed by atoms with Gasteiger partial charge in [-0.15, -0.1) is 0 Å². The fourth-order valence-electron chi connectivity index (χ4n) is 4.56. The Morgan fingerprint density at radius 2 is 1.94 bits per heavy atom. The molecule has 4 rings (SSSR count). The van der Waals surface area contributed by atoms with Crippen LogP contribution in [0.5, 0.6) is 11.5 Å². The predicted molar refractivity (Wildman–Crippen MR) is 124 cm³/mol. The molecule has 0 aliphatic heterocycles. The smallest absolute Gasteiger partial charge is 0.225 e. The zero-order valence-corrected chi connectivity index (χ0v) is 19.2. The summed E-state index contributed by atoms with van der Waals surface area (Å²) in [5.41, 5.74) is 4.40. The van der Waals surface area contributed by atoms with E-state index in [0.29, 0.717) is 11.5 Å². The van der Waals surface area contributed by atoms with Crippen molar-refractivity contribution in [2.24, 2.45) is 5.41 Å². The molecule has 1 atom stereocenters. The average molecular weight is 434 g/mol. The minimum absolute atomic E-state index is 0.0407. The zero-order valence-electron chi connectivity index (χ0n) is 19.2. The van der Waals surface area contributed by atoms with Gasteiger partial charge in [0.2, 0.25) is 5.91 Å². The van der Waals surface area contributed by atoms with Crippen molar-refractivity contribution in [3.8, 4) is 11.5 Å². The first-order valence-electron chi connectivity index (χ1n) is 11.0. The quantitative estimate of drug-likeness (QED) is 0.603. The molecule has 0 bridgehead atoms. The number of aromatic nitrogens is 2. The molecule has 1 aliphatic rings. The summed E-state index contributed by atoms with van der Waals surface area (Å²) in [7, 11) is 3.23. The first-order chi connectivity index (χ1) is 15.4. The molecule has 1 aromatic heterocycles. The van der Waals surface area contributed by atoms with Crippen LogP contribution in [0.15, 0.2) is 54.7 Å². The molecule has 1 amide bonds. The van der Waals surface area contributed by atoms with E-state index in [9.17, 15) is 4.79 Å². The number of carbonyl (C=O) groups is 1. The Labute approximate surface area is 189 Å². The SMILES string of the molecule is COc1ccc(OC)c(CC(=O)N[C@@H]2CC(C)(C)Cc3c2cnn3Cc2ccccc2)c1. The third kappa shape index (κ3) is 4.79. The summed E-state index contributed by atoms with van der Waals surface area (Å²) >= 11 is 0. The summed E-state index contributed by atoms with van der Waals surface area (Å²) in [5, 5.41) is 7.94. The molecule has 168 valence electrons. The minimum Gasteiger partial charge on any atom is -0.497 e. The second kappa shape index (κ2) is 9.07. The van der Waals surface area contributed by atoms with Crippen LogP contribution in [-0.4, -0.2) is 29.9 Å². The van der Waals surface area contributed by atoms with Crippen LogP contribution >= 0.6 is 0 Å². The van der Waals surface area contributed by atoms with Gasteiger partial charge in [-0.2, -0.15) is 5.10 Å². The largest absolute Gasteiger partial charge is 0.497 e. The number of methoxy groups -OCH3 is 2. The van der Waals surface area contributed by atoms with Crippen LogP contribution in [0.2, 0.25) is 0 Å². The predicted octanol–water partition coefficient (Wildman–Crippen LogP) is 4.32. The topological polar surface area (TPSA) is 65.4 Å². The van der Waals surface area contributed by atoms with Gasteiger partial charge in [0.05, 0.1) is 39.4 Å². The van der Waals surface area contributed by atoms with Crippen molar-refractivity contribution in [2.45, 2.75) is 45.7 Å². The molecule has 6 nitrogen and oxygen atoms in total. The van der Waals surface area contributed by atoms with E-state index in [1.54, 1.807) is 14.2 Å². The van der Waals surface area contributed by atoms with Crippen LogP contribution in [0.3, 0.4) is 0 Å². The molecule has 1 aliphatic carbocycles. The van der Waals surface area contributed by atoms with Crippen LogP contribution in [-0.2, 0) is 24.2 Å². The van der Waals surface area contributed by atoms with E-state index in [2.05, 4.69) is 41.1 Å². The van der Waals surface area contributed by atoms with E-state index in [1.807, 2.05) is 42.6 Å². The highest BCUT2D eigenvalue weighted by atomic mass is 16.5. The summed E-state index contributed by atoms with van der Waals surface area (Å²) in [6.45, 7) is 5.23. The van der Waals surface area contributed by atoms with E-state index < -0.39 is 0 Å². The first-order valence-corrected chi connectivity index (χ1v) is 11.0. The molecule has 2 aromatic carbocycles. The lowest BCUT2D eigenvalue weighted by Crippen LogP contribution is -2.37. The average Bonchev–Trinajstić information content (AvgIpc) is 3.15. The zero-order chi connectivity index (χ0) is 22.7. The summed E-state index contributed by atoms with van der Waals surface area (Å²) in [6.07, 6.45) is 3.96. The van der Waals surface area contributed by atoms with Crippen molar-refractivity contribution in [2.75, 3.05) is 14.2 Å². The molecular weight excluding hydrogens is 402 g/mol. The number of nitrogens with one attached hydrogen (secondary N) is 1. The number of ether oxygens (including phenoxy) is 2. The van der Waals surface area contributed by atoms with Crippen LogP contribution in [0.25, 0.3) is 0 Å². The summed E-state index contributed by atoms with van der Waals surface area (Å²) in [5.74, 6) is 1.35. The maximum absolute atomic E-state index is 13.0. The third-order valence-electron chi connectivity index (χ3n) is 6.11. The number of fused-ring (bicyclic) bond motifs is 1. The molecule has 0 radical (unpaired) electrons. The Bertz CT molecular complexity index is 1090. The lowest BCUT2D eigenvalue weighted by Gasteiger charge is -2.36. The maximum Gasteiger partial charge on any atom is 0.225 e. The van der Waals surface area contributed by atoms with E-state index >= 15 is 0 Å². The Kier molecular flexibility index (Phi) is 6.21. The number of carbonyl (C=O) groups excluding carboxylic acids is 1. The second-order valence-corrected chi connectivity index (χ2v) is 9.21. The van der Waals surface area contributed by atoms with Gasteiger partial charge in [0, 0.05) is 16.8 Å². The highest BCUT2D eigenvalue weighted by Crippen LogP contribution is 2.41. The van der Waals surface area contributed by atoms with E-state index in [4.69, 9.17) is 9.47 Å². The van der Waals surface area contributed by atoms with E-state index in [1.165, 1.54) is 11.3 Å². The van der Waals surface area contributed by atoms with Crippen LogP contribution < -0.4 is 14.8 Å². The van der Waals surface area contributed by atoms with Gasteiger partial charge in [-0.1, -0.05) is 44.2 Å². The van der Waals surface area contributed by atoms with E-state index in [-0.39, 0.29) is 23.8 Å². The number of amides is 1. The van der Waals surface area contributed by atoms with Gasteiger partial charge in [-0.05, 0) is 42.0 Å². The van der Waals surface area contributed by atoms with Gasteiger partial charge in [0.25, 0.3) is 0 Å². The van der Waals surface area contributed by atoms with Gasteiger partial charge in [0.1, 0.15) is 11.5 Å². The fourth-order valence-corrected chi connectivity index (χ4v) is 4.56. The Hall–Kier alpha value is -3.28. The Morgan fingerprint density at radius 3 is 2.66 bits per heavy atom. The number of nitrogens with zero attached hydrogens (tertiary/aromatic N) is 2. The van der Waals surface area contributed by atoms with Gasteiger partial charge in [-0.25, -0.2) is 0 Å². The molecule has 1 heterocycles. The molecule has 0 unspecified atom stereocenters. The summed E-state index contributed by atoms with van der Waals surface area (Å²) < 4.78 is 12.8. The van der Waals surface area contributed by atoms with Crippen molar-refractivity contribution in [3.05, 3.63) is 77.1 Å². The highest BCUT2D eigenvalue weighted by molar-refractivity contribution is 5.80. The molecule has 0 saturated carbocycles. The Morgan fingerprint density at radius 1 is 1.16 bits per heavy atom. The number of hydrogen-bond donors (Lipinski definition) is 1. The standard InChI is InChI=1S/C26H31N3O3/c1-26(2)14-22(28-25(30)13-19-12-20(31-3)10-11-24(19)32-4)21-16-27-29(23(21)15-26)17-18-8-6-5-7-9-18/h5-12,16,22H,13-15,17H2,1-4H3,(H,28,30)/t22-/m1/s1. The second-order valence-electron chi connectivity index (χ2n) is 9.21. The van der Waals surface area contributed by atoms with Crippen LogP contribution in [0.1, 0.15) is 48.7 Å². The Balaban J connectivity index is 1.54. The van der Waals surface area contributed by atoms with Crippen LogP contribution in [0, 0.1) is 5.41 Å². The molecule has 0 spiro atoms. The molecule has 6 heteroatoms. The summed E-state index contributed by atoms with van der Waals surface area (Å²) in [6, 6.07) is 15.8. The normalized spacial score (nSPS) is 16.8. The molecule has 3 aromatic rings.